The molecular weight excluding hydrogens is 362 g/mol. The van der Waals surface area contributed by atoms with Gasteiger partial charge in [-0.05, 0) is 24.1 Å². The van der Waals surface area contributed by atoms with Crippen molar-refractivity contribution < 1.29 is 14.4 Å². The Kier molecular flexibility index (Phi) is 4.78. The highest BCUT2D eigenvalue weighted by molar-refractivity contribution is 7.17. The number of primary amides is 1. The number of carbonyl (C=O) groups is 3. The van der Waals surface area contributed by atoms with Gasteiger partial charge in [-0.15, -0.1) is 11.3 Å². The van der Waals surface area contributed by atoms with Crippen molar-refractivity contribution in [3.8, 4) is 0 Å². The van der Waals surface area contributed by atoms with Crippen LogP contribution in [-0.4, -0.2) is 29.2 Å². The van der Waals surface area contributed by atoms with Crippen molar-refractivity contribution in [1.29, 1.82) is 0 Å². The molecule has 1 aromatic carbocycles. The monoisotopic (exact) mass is 377 g/mol. The highest BCUT2D eigenvalue weighted by atomic mass is 35.5. The minimum atomic E-state index is -0.594. The van der Waals surface area contributed by atoms with Crippen LogP contribution in [-0.2, 0) is 17.8 Å². The number of carbonyl (C=O) groups excluding carboxylic acids is 3. The van der Waals surface area contributed by atoms with Crippen molar-refractivity contribution in [1.82, 2.24) is 4.90 Å². The van der Waals surface area contributed by atoms with E-state index in [9.17, 15) is 14.4 Å². The zero-order valence-corrected chi connectivity index (χ0v) is 15.0. The van der Waals surface area contributed by atoms with Crippen molar-refractivity contribution in [2.45, 2.75) is 19.9 Å². The van der Waals surface area contributed by atoms with E-state index in [1.165, 1.54) is 18.3 Å². The van der Waals surface area contributed by atoms with Gasteiger partial charge in [0.25, 0.3) is 11.8 Å². The van der Waals surface area contributed by atoms with Crippen LogP contribution in [0.3, 0.4) is 0 Å². The Morgan fingerprint density at radius 1 is 1.28 bits per heavy atom. The molecule has 0 aliphatic carbocycles. The average Bonchev–Trinajstić information content (AvgIpc) is 2.91. The Labute approximate surface area is 153 Å². The van der Waals surface area contributed by atoms with E-state index in [0.717, 1.165) is 10.4 Å². The van der Waals surface area contributed by atoms with E-state index in [1.54, 1.807) is 29.2 Å². The fourth-order valence-electron chi connectivity index (χ4n) is 2.84. The molecule has 0 unspecified atom stereocenters. The van der Waals surface area contributed by atoms with Gasteiger partial charge in [0.15, 0.2) is 0 Å². The van der Waals surface area contributed by atoms with Gasteiger partial charge in [-0.2, -0.15) is 0 Å². The Hall–Kier alpha value is -2.38. The molecule has 3 rings (SSSR count). The van der Waals surface area contributed by atoms with E-state index in [4.69, 9.17) is 17.3 Å². The van der Waals surface area contributed by atoms with Gasteiger partial charge in [0.05, 0.1) is 22.7 Å². The molecule has 3 N–H and O–H groups in total. The lowest BCUT2D eigenvalue weighted by atomic mass is 10.0. The van der Waals surface area contributed by atoms with Gasteiger partial charge in [-0.3, -0.25) is 14.4 Å². The predicted octanol–water partition coefficient (Wildman–Crippen LogP) is 2.66. The third kappa shape index (κ3) is 3.38. The lowest BCUT2D eigenvalue weighted by Gasteiger charge is -2.25. The number of nitrogens with zero attached hydrogens (tertiary/aromatic N) is 1. The first kappa shape index (κ1) is 17.4. The summed E-state index contributed by atoms with van der Waals surface area (Å²) in [6.45, 7) is 2.45. The van der Waals surface area contributed by atoms with Crippen molar-refractivity contribution in [3.05, 3.63) is 50.9 Å². The third-order valence-electron chi connectivity index (χ3n) is 4.09. The van der Waals surface area contributed by atoms with Crippen molar-refractivity contribution >= 4 is 45.7 Å². The van der Waals surface area contributed by atoms with Crippen LogP contribution in [0.1, 0.15) is 38.1 Å². The molecule has 0 atom stereocenters. The molecule has 1 aliphatic heterocycles. The minimum absolute atomic E-state index is 0.0265. The first-order valence-corrected chi connectivity index (χ1v) is 8.83. The van der Waals surface area contributed by atoms with Gasteiger partial charge in [-0.1, -0.05) is 23.7 Å². The van der Waals surface area contributed by atoms with Gasteiger partial charge in [0, 0.05) is 18.3 Å². The number of nitrogens with one attached hydrogen (secondary N) is 1. The number of hydrogen-bond acceptors (Lipinski definition) is 4. The molecule has 0 bridgehead atoms. The molecule has 1 aromatic heterocycles. The van der Waals surface area contributed by atoms with E-state index in [0.29, 0.717) is 40.7 Å². The number of hydrogen-bond donors (Lipinski definition) is 2. The second kappa shape index (κ2) is 6.85. The van der Waals surface area contributed by atoms with Gasteiger partial charge in [0.2, 0.25) is 5.91 Å². The molecule has 130 valence electrons. The van der Waals surface area contributed by atoms with E-state index in [-0.39, 0.29) is 5.91 Å². The molecule has 0 saturated heterocycles. The van der Waals surface area contributed by atoms with E-state index in [2.05, 4.69) is 5.32 Å². The first-order chi connectivity index (χ1) is 11.9. The van der Waals surface area contributed by atoms with Crippen LogP contribution in [0, 0.1) is 0 Å². The minimum Gasteiger partial charge on any atom is -0.365 e. The molecule has 0 spiro atoms. The summed E-state index contributed by atoms with van der Waals surface area (Å²) in [5, 5.41) is 3.46. The summed E-state index contributed by atoms with van der Waals surface area (Å²) in [7, 11) is 0. The second-order valence-corrected chi connectivity index (χ2v) is 7.21. The standard InChI is InChI=1S/C17H16ClN3O3S/c1-9(22)21-7-6-11-13(8-21)25-17(14(11)15(19)23)20-16(24)10-4-2-3-5-12(10)18/h2-5H,6-8H2,1H3,(H2,19,23)(H,20,24). The Morgan fingerprint density at radius 3 is 2.64 bits per heavy atom. The maximum absolute atomic E-state index is 12.5. The second-order valence-electron chi connectivity index (χ2n) is 5.70. The summed E-state index contributed by atoms with van der Waals surface area (Å²) in [5.74, 6) is -1.03. The SMILES string of the molecule is CC(=O)N1CCc2c(sc(NC(=O)c3ccccc3Cl)c2C(N)=O)C1. The van der Waals surface area contributed by atoms with Crippen LogP contribution in [0.25, 0.3) is 0 Å². The highest BCUT2D eigenvalue weighted by Gasteiger charge is 2.28. The van der Waals surface area contributed by atoms with Crippen LogP contribution in [0.4, 0.5) is 5.00 Å². The third-order valence-corrected chi connectivity index (χ3v) is 5.56. The van der Waals surface area contributed by atoms with Crippen LogP contribution >= 0.6 is 22.9 Å². The van der Waals surface area contributed by atoms with Crippen LogP contribution in [0.5, 0.6) is 0 Å². The number of amides is 3. The summed E-state index contributed by atoms with van der Waals surface area (Å²) in [5.41, 5.74) is 6.98. The number of anilines is 1. The van der Waals surface area contributed by atoms with Crippen LogP contribution in [0.2, 0.25) is 5.02 Å². The van der Waals surface area contributed by atoms with Gasteiger partial charge in [-0.25, -0.2) is 0 Å². The zero-order valence-electron chi connectivity index (χ0n) is 13.5. The fourth-order valence-corrected chi connectivity index (χ4v) is 4.32. The molecule has 1 aliphatic rings. The van der Waals surface area contributed by atoms with Crippen molar-refractivity contribution in [3.63, 3.8) is 0 Å². The maximum Gasteiger partial charge on any atom is 0.257 e. The number of thiophene rings is 1. The lowest BCUT2D eigenvalue weighted by molar-refractivity contribution is -0.129. The van der Waals surface area contributed by atoms with E-state index >= 15 is 0 Å². The molecule has 6 nitrogen and oxygen atoms in total. The number of nitrogens with two attached hydrogens (primary N) is 1. The van der Waals surface area contributed by atoms with Gasteiger partial charge >= 0.3 is 0 Å². The zero-order chi connectivity index (χ0) is 18.1. The maximum atomic E-state index is 12.5. The Morgan fingerprint density at radius 2 is 2.00 bits per heavy atom. The van der Waals surface area contributed by atoms with Crippen LogP contribution < -0.4 is 11.1 Å². The van der Waals surface area contributed by atoms with Crippen LogP contribution in [0.15, 0.2) is 24.3 Å². The van der Waals surface area contributed by atoms with Gasteiger partial charge in [0.1, 0.15) is 5.00 Å². The number of rotatable bonds is 3. The Balaban J connectivity index is 1.94. The average molecular weight is 378 g/mol. The summed E-state index contributed by atoms with van der Waals surface area (Å²) >= 11 is 7.32. The molecule has 25 heavy (non-hydrogen) atoms. The molecule has 2 aromatic rings. The topological polar surface area (TPSA) is 92.5 Å². The van der Waals surface area contributed by atoms with Gasteiger partial charge < -0.3 is 16.0 Å². The summed E-state index contributed by atoms with van der Waals surface area (Å²) in [4.78, 5) is 38.6. The predicted molar refractivity (Wildman–Crippen MR) is 97.0 cm³/mol. The largest absolute Gasteiger partial charge is 0.365 e. The molecular formula is C17H16ClN3O3S. The molecule has 0 radical (unpaired) electrons. The summed E-state index contributed by atoms with van der Waals surface area (Å²) in [6, 6.07) is 6.66. The summed E-state index contributed by atoms with van der Waals surface area (Å²) < 4.78 is 0. The van der Waals surface area contributed by atoms with E-state index < -0.39 is 11.8 Å². The highest BCUT2D eigenvalue weighted by Crippen LogP contribution is 2.37. The van der Waals surface area contributed by atoms with Crippen molar-refractivity contribution in [2.24, 2.45) is 5.73 Å². The van der Waals surface area contributed by atoms with E-state index in [1.807, 2.05) is 0 Å². The quantitative estimate of drug-likeness (QED) is 0.861. The molecule has 2 heterocycles. The first-order valence-electron chi connectivity index (χ1n) is 7.64. The van der Waals surface area contributed by atoms with Crippen molar-refractivity contribution in [2.75, 3.05) is 11.9 Å². The number of fused-ring (bicyclic) bond motifs is 1. The molecule has 0 fully saturated rings. The smallest absolute Gasteiger partial charge is 0.257 e. The molecule has 0 saturated carbocycles. The fraction of sp³-hybridized carbons (Fsp3) is 0.235. The Bertz CT molecular complexity index is 878. The lowest BCUT2D eigenvalue weighted by Crippen LogP contribution is -2.34. The molecule has 3 amide bonds. The summed E-state index contributed by atoms with van der Waals surface area (Å²) in [6.07, 6.45) is 0.533. The number of halogens is 1. The molecule has 8 heteroatoms. The normalized spacial score (nSPS) is 13.3. The number of benzene rings is 1.